The summed E-state index contributed by atoms with van der Waals surface area (Å²) in [5.41, 5.74) is 3.67. The molecule has 2 N–H and O–H groups in total. The summed E-state index contributed by atoms with van der Waals surface area (Å²) in [4.78, 5) is 13.3. The molecule has 128 valence electrons. The third-order valence-corrected chi connectivity index (χ3v) is 3.96. The van der Waals surface area contributed by atoms with Crippen molar-refractivity contribution in [1.29, 1.82) is 0 Å². The van der Waals surface area contributed by atoms with Crippen LogP contribution in [0.4, 0.5) is 17.5 Å². The molecule has 0 aliphatic carbocycles. The molecule has 0 unspecified atom stereocenters. The minimum absolute atomic E-state index is 0.231. The molecule has 0 bridgehead atoms. The fraction of sp³-hybridized carbons (Fsp3) is 0.211. The van der Waals surface area contributed by atoms with Gasteiger partial charge < -0.3 is 10.6 Å². The molecule has 0 radical (unpaired) electrons. The van der Waals surface area contributed by atoms with Crippen LogP contribution in [-0.4, -0.2) is 21.0 Å². The molecule has 3 rings (SSSR count). The lowest BCUT2D eigenvalue weighted by atomic mass is 10.2. The zero-order chi connectivity index (χ0) is 17.8. The summed E-state index contributed by atoms with van der Waals surface area (Å²) < 4.78 is 0. The number of hydrogen-bond donors (Lipinski definition) is 2. The Balaban J connectivity index is 1.98. The van der Waals surface area contributed by atoms with Crippen LogP contribution in [0.1, 0.15) is 19.4 Å². The van der Waals surface area contributed by atoms with Crippen LogP contribution >= 0.6 is 11.6 Å². The van der Waals surface area contributed by atoms with Crippen LogP contribution in [0.25, 0.3) is 11.3 Å². The first-order valence-electron chi connectivity index (χ1n) is 8.10. The lowest BCUT2D eigenvalue weighted by Gasteiger charge is -2.13. The summed E-state index contributed by atoms with van der Waals surface area (Å²) in [6, 6.07) is 11.8. The maximum atomic E-state index is 6.10. The van der Waals surface area contributed by atoms with Crippen molar-refractivity contribution < 1.29 is 0 Å². The maximum absolute atomic E-state index is 6.10. The van der Waals surface area contributed by atoms with E-state index in [1.807, 2.05) is 43.3 Å². The highest BCUT2D eigenvalue weighted by atomic mass is 35.5. The zero-order valence-electron chi connectivity index (χ0n) is 14.4. The van der Waals surface area contributed by atoms with E-state index in [1.165, 1.54) is 0 Å². The van der Waals surface area contributed by atoms with E-state index in [0.717, 1.165) is 27.5 Å². The van der Waals surface area contributed by atoms with Crippen LogP contribution in [0, 0.1) is 6.92 Å². The highest BCUT2D eigenvalue weighted by Crippen LogP contribution is 2.25. The molecule has 0 spiro atoms. The van der Waals surface area contributed by atoms with Gasteiger partial charge in [0, 0.05) is 40.8 Å². The van der Waals surface area contributed by atoms with Crippen molar-refractivity contribution >= 4 is 29.1 Å². The number of aryl methyl sites for hydroxylation is 1. The predicted octanol–water partition coefficient (Wildman–Crippen LogP) is 5.06. The highest BCUT2D eigenvalue weighted by Gasteiger charge is 2.09. The Morgan fingerprint density at radius 1 is 1.08 bits per heavy atom. The Morgan fingerprint density at radius 2 is 1.92 bits per heavy atom. The van der Waals surface area contributed by atoms with Gasteiger partial charge in [-0.05, 0) is 56.7 Å². The summed E-state index contributed by atoms with van der Waals surface area (Å²) in [5, 5.41) is 7.33. The molecule has 0 atom stereocenters. The molecule has 6 heteroatoms. The van der Waals surface area contributed by atoms with E-state index in [9.17, 15) is 0 Å². The second kappa shape index (κ2) is 7.49. The number of rotatable bonds is 5. The van der Waals surface area contributed by atoms with Crippen LogP contribution in [0.5, 0.6) is 0 Å². The topological polar surface area (TPSA) is 62.7 Å². The minimum Gasteiger partial charge on any atom is -0.352 e. The molecule has 0 saturated carbocycles. The van der Waals surface area contributed by atoms with Gasteiger partial charge in [-0.2, -0.15) is 4.98 Å². The van der Waals surface area contributed by atoms with Crippen molar-refractivity contribution in [2.45, 2.75) is 26.8 Å². The molecular formula is C19H20ClN5. The lowest BCUT2D eigenvalue weighted by molar-refractivity contribution is 0.876. The Morgan fingerprint density at radius 3 is 2.60 bits per heavy atom. The monoisotopic (exact) mass is 353 g/mol. The molecule has 3 aromatic rings. The first kappa shape index (κ1) is 17.2. The van der Waals surface area contributed by atoms with E-state index in [-0.39, 0.29) is 6.04 Å². The molecular weight excluding hydrogens is 334 g/mol. The van der Waals surface area contributed by atoms with Gasteiger partial charge in [0.15, 0.2) is 0 Å². The lowest BCUT2D eigenvalue weighted by Crippen LogP contribution is -2.13. The van der Waals surface area contributed by atoms with E-state index in [2.05, 4.69) is 39.4 Å². The Kier molecular flexibility index (Phi) is 5.14. The summed E-state index contributed by atoms with van der Waals surface area (Å²) >= 11 is 6.10. The maximum Gasteiger partial charge on any atom is 0.225 e. The van der Waals surface area contributed by atoms with E-state index in [0.29, 0.717) is 11.8 Å². The van der Waals surface area contributed by atoms with Gasteiger partial charge in [-0.25, -0.2) is 4.98 Å². The molecule has 0 aliphatic rings. The fourth-order valence-electron chi connectivity index (χ4n) is 2.37. The summed E-state index contributed by atoms with van der Waals surface area (Å²) in [7, 11) is 0. The van der Waals surface area contributed by atoms with E-state index in [4.69, 9.17) is 11.6 Å². The minimum atomic E-state index is 0.231. The molecule has 1 aromatic carbocycles. The number of hydrogen-bond acceptors (Lipinski definition) is 5. The second-order valence-electron chi connectivity index (χ2n) is 6.09. The molecule has 0 fully saturated rings. The molecule has 0 aliphatic heterocycles. The van der Waals surface area contributed by atoms with E-state index in [1.54, 1.807) is 12.4 Å². The molecule has 2 aromatic heterocycles. The number of anilines is 3. The number of pyridine rings is 1. The Bertz CT molecular complexity index is 865. The van der Waals surface area contributed by atoms with Crippen LogP contribution in [0.15, 0.2) is 48.8 Å². The van der Waals surface area contributed by atoms with Gasteiger partial charge in [-0.1, -0.05) is 11.6 Å². The number of aromatic nitrogens is 3. The predicted molar refractivity (Wildman–Crippen MR) is 103 cm³/mol. The largest absolute Gasteiger partial charge is 0.352 e. The average molecular weight is 354 g/mol. The number of nitrogens with one attached hydrogen (secondary N) is 2. The van der Waals surface area contributed by atoms with Gasteiger partial charge in [0.1, 0.15) is 5.82 Å². The Hall–Kier alpha value is -2.66. The van der Waals surface area contributed by atoms with Crippen LogP contribution in [0.3, 0.4) is 0 Å². The normalized spacial score (nSPS) is 10.8. The fourth-order valence-corrected chi connectivity index (χ4v) is 2.48. The van der Waals surface area contributed by atoms with E-state index >= 15 is 0 Å². The van der Waals surface area contributed by atoms with Gasteiger partial charge >= 0.3 is 0 Å². The van der Waals surface area contributed by atoms with Crippen molar-refractivity contribution in [3.8, 4) is 11.3 Å². The van der Waals surface area contributed by atoms with Crippen LogP contribution in [-0.2, 0) is 0 Å². The first-order valence-corrected chi connectivity index (χ1v) is 8.48. The molecule has 2 heterocycles. The highest BCUT2D eigenvalue weighted by molar-refractivity contribution is 6.31. The summed E-state index contributed by atoms with van der Waals surface area (Å²) in [5.74, 6) is 1.28. The first-order chi connectivity index (χ1) is 12.0. The zero-order valence-corrected chi connectivity index (χ0v) is 15.2. The molecule has 0 saturated heterocycles. The second-order valence-corrected chi connectivity index (χ2v) is 6.50. The van der Waals surface area contributed by atoms with Crippen LogP contribution in [0.2, 0.25) is 5.02 Å². The smallest absolute Gasteiger partial charge is 0.225 e. The quantitative estimate of drug-likeness (QED) is 0.671. The number of halogens is 1. The van der Waals surface area contributed by atoms with Crippen molar-refractivity contribution in [2.24, 2.45) is 0 Å². The Labute approximate surface area is 152 Å². The average Bonchev–Trinajstić information content (AvgIpc) is 2.58. The molecule has 0 amide bonds. The van der Waals surface area contributed by atoms with Gasteiger partial charge in [0.05, 0.1) is 5.69 Å². The molecule has 5 nitrogen and oxygen atoms in total. The molecule has 25 heavy (non-hydrogen) atoms. The number of benzene rings is 1. The summed E-state index contributed by atoms with van der Waals surface area (Å²) in [6.07, 6.45) is 3.53. The van der Waals surface area contributed by atoms with Gasteiger partial charge in [0.2, 0.25) is 5.95 Å². The van der Waals surface area contributed by atoms with Gasteiger partial charge in [-0.15, -0.1) is 0 Å². The van der Waals surface area contributed by atoms with Crippen molar-refractivity contribution in [1.82, 2.24) is 15.0 Å². The SMILES string of the molecule is Cc1cc(Nc2cc(-c3cccnc3)nc(NC(C)C)n2)ccc1Cl. The van der Waals surface area contributed by atoms with Gasteiger partial charge in [0.25, 0.3) is 0 Å². The third kappa shape index (κ3) is 4.45. The van der Waals surface area contributed by atoms with Crippen molar-refractivity contribution in [3.63, 3.8) is 0 Å². The summed E-state index contributed by atoms with van der Waals surface area (Å²) in [6.45, 7) is 6.08. The third-order valence-electron chi connectivity index (χ3n) is 3.53. The van der Waals surface area contributed by atoms with Crippen molar-refractivity contribution in [2.75, 3.05) is 10.6 Å². The van der Waals surface area contributed by atoms with E-state index < -0.39 is 0 Å². The van der Waals surface area contributed by atoms with Crippen molar-refractivity contribution in [3.05, 3.63) is 59.4 Å². The standard InChI is InChI=1S/C19H20ClN5/c1-12(2)22-19-24-17(14-5-4-8-21-11-14)10-18(25-19)23-15-6-7-16(20)13(3)9-15/h4-12H,1-3H3,(H2,22,23,24,25). The number of nitrogens with zero attached hydrogens (tertiary/aromatic N) is 3. The van der Waals surface area contributed by atoms with Crippen LogP contribution < -0.4 is 10.6 Å². The van der Waals surface area contributed by atoms with Gasteiger partial charge in [-0.3, -0.25) is 4.98 Å².